The summed E-state index contributed by atoms with van der Waals surface area (Å²) in [5, 5.41) is 6.32. The lowest BCUT2D eigenvalue weighted by atomic mass is 10.00. The highest BCUT2D eigenvalue weighted by Crippen LogP contribution is 2.42. The average molecular weight is 607 g/mol. The van der Waals surface area contributed by atoms with Gasteiger partial charge in [0.15, 0.2) is 0 Å². The minimum Gasteiger partial charge on any atom is -0.309 e. The van der Waals surface area contributed by atoms with Gasteiger partial charge in [0.05, 0.1) is 32.6 Å². The Bertz CT molecular complexity index is 2660. The first-order valence-corrected chi connectivity index (χ1v) is 16.5. The van der Waals surface area contributed by atoms with Gasteiger partial charge in [-0.2, -0.15) is 0 Å². The summed E-state index contributed by atoms with van der Waals surface area (Å²) >= 11 is 1.86. The van der Waals surface area contributed by atoms with Crippen molar-refractivity contribution in [1.82, 2.24) is 9.13 Å². The number of fused-ring (bicyclic) bond motifs is 7. The molecule has 0 saturated heterocycles. The van der Waals surface area contributed by atoms with Crippen LogP contribution in [0.25, 0.3) is 87.5 Å². The highest BCUT2D eigenvalue weighted by Gasteiger charge is 2.19. The van der Waals surface area contributed by atoms with Crippen molar-refractivity contribution in [3.63, 3.8) is 0 Å². The molecule has 2 nitrogen and oxygen atoms in total. The van der Waals surface area contributed by atoms with Crippen LogP contribution < -0.4 is 0 Å². The standard InChI is InChI=1S/C43H30N2S/c1-3-13-37-31(4-2)35-26-28(23-25-40(35)45(37)41-20-12-18-34-33-17-9-11-21-42(33)46-43(34)41)29-22-24-39-36(27-29)32-16-8-10-19-38(32)44(39)30-14-6-5-7-15-30/h3-27H,2H2,1H3/b13-3-. The van der Waals surface area contributed by atoms with E-state index in [0.29, 0.717) is 0 Å². The minimum atomic E-state index is 1.15. The maximum absolute atomic E-state index is 4.29. The molecular formula is C43H30N2S. The zero-order chi connectivity index (χ0) is 30.8. The van der Waals surface area contributed by atoms with E-state index in [1.807, 2.05) is 17.4 Å². The monoisotopic (exact) mass is 606 g/mol. The number of benzene rings is 6. The maximum atomic E-state index is 4.29. The number of rotatable bonds is 5. The molecule has 218 valence electrons. The lowest BCUT2D eigenvalue weighted by Gasteiger charge is -2.11. The molecule has 0 aliphatic carbocycles. The molecule has 3 aromatic heterocycles. The molecule has 0 aliphatic rings. The van der Waals surface area contributed by atoms with Gasteiger partial charge in [0.25, 0.3) is 0 Å². The van der Waals surface area contributed by atoms with Gasteiger partial charge in [0.2, 0.25) is 0 Å². The van der Waals surface area contributed by atoms with Gasteiger partial charge in [0, 0.05) is 42.9 Å². The molecule has 0 saturated carbocycles. The molecule has 3 heterocycles. The van der Waals surface area contributed by atoms with Gasteiger partial charge in [-0.25, -0.2) is 0 Å². The zero-order valence-corrected chi connectivity index (χ0v) is 26.3. The fourth-order valence-corrected chi connectivity index (χ4v) is 8.43. The molecule has 9 rings (SSSR count). The van der Waals surface area contributed by atoms with Crippen LogP contribution in [0.5, 0.6) is 0 Å². The molecular weight excluding hydrogens is 577 g/mol. The van der Waals surface area contributed by atoms with Crippen molar-refractivity contribution in [3.8, 4) is 22.5 Å². The Labute approximate surface area is 271 Å². The van der Waals surface area contributed by atoms with Crippen LogP contribution in [0.15, 0.2) is 146 Å². The molecule has 0 atom stereocenters. The topological polar surface area (TPSA) is 9.86 Å². The van der Waals surface area contributed by atoms with Crippen molar-refractivity contribution in [2.45, 2.75) is 6.92 Å². The van der Waals surface area contributed by atoms with Crippen LogP contribution in [-0.2, 0) is 0 Å². The Morgan fingerprint density at radius 2 is 1.22 bits per heavy atom. The van der Waals surface area contributed by atoms with Crippen LogP contribution in [0.4, 0.5) is 0 Å². The SMILES string of the molecule is C=Cc1c(/C=C\C)n(-c2cccc3c2sc2ccccc23)c2ccc(-c3ccc4c(c3)c3ccccc3n4-c3ccccc3)cc12. The van der Waals surface area contributed by atoms with Crippen molar-refractivity contribution in [2.24, 2.45) is 0 Å². The van der Waals surface area contributed by atoms with E-state index < -0.39 is 0 Å². The smallest absolute Gasteiger partial charge is 0.0640 e. The molecule has 9 aromatic rings. The van der Waals surface area contributed by atoms with Gasteiger partial charge in [-0.05, 0) is 78.7 Å². The number of aromatic nitrogens is 2. The molecule has 46 heavy (non-hydrogen) atoms. The lowest BCUT2D eigenvalue weighted by molar-refractivity contribution is 1.12. The van der Waals surface area contributed by atoms with E-state index in [9.17, 15) is 0 Å². The van der Waals surface area contributed by atoms with Crippen LogP contribution in [0.3, 0.4) is 0 Å². The molecule has 0 fully saturated rings. The average Bonchev–Trinajstić information content (AvgIpc) is 3.75. The van der Waals surface area contributed by atoms with Crippen molar-refractivity contribution >= 4 is 76.4 Å². The molecule has 0 spiro atoms. The summed E-state index contributed by atoms with van der Waals surface area (Å²) in [4.78, 5) is 0. The van der Waals surface area contributed by atoms with E-state index in [-0.39, 0.29) is 0 Å². The predicted octanol–water partition coefficient (Wildman–Crippen LogP) is 12.4. The molecule has 0 amide bonds. The molecule has 6 aromatic carbocycles. The number of para-hydroxylation sites is 2. The molecule has 0 N–H and O–H groups in total. The molecule has 0 radical (unpaired) electrons. The number of hydrogen-bond donors (Lipinski definition) is 0. The van der Waals surface area contributed by atoms with Crippen LogP contribution in [0.1, 0.15) is 18.2 Å². The highest BCUT2D eigenvalue weighted by molar-refractivity contribution is 7.26. The quantitative estimate of drug-likeness (QED) is 0.184. The Hall–Kier alpha value is -5.64. The van der Waals surface area contributed by atoms with E-state index in [1.54, 1.807) is 0 Å². The summed E-state index contributed by atoms with van der Waals surface area (Å²) in [6, 6.07) is 48.5. The second-order valence-corrected chi connectivity index (χ2v) is 12.8. The Kier molecular flexibility index (Phi) is 6.09. The first kappa shape index (κ1) is 26.7. The van der Waals surface area contributed by atoms with Crippen molar-refractivity contribution in [1.29, 1.82) is 0 Å². The van der Waals surface area contributed by atoms with E-state index >= 15 is 0 Å². The summed E-state index contributed by atoms with van der Waals surface area (Å²) in [5.74, 6) is 0. The minimum absolute atomic E-state index is 1.15. The second-order valence-electron chi connectivity index (χ2n) is 11.7. The van der Waals surface area contributed by atoms with Crippen LogP contribution in [0.2, 0.25) is 0 Å². The summed E-state index contributed by atoms with van der Waals surface area (Å²) in [6.45, 7) is 6.37. The third kappa shape index (κ3) is 3.89. The van der Waals surface area contributed by atoms with E-state index in [2.05, 4.69) is 168 Å². The van der Waals surface area contributed by atoms with E-state index in [4.69, 9.17) is 0 Å². The van der Waals surface area contributed by atoms with Gasteiger partial charge in [-0.3, -0.25) is 0 Å². The summed E-state index contributed by atoms with van der Waals surface area (Å²) in [6.07, 6.45) is 6.35. The van der Waals surface area contributed by atoms with Crippen LogP contribution in [-0.4, -0.2) is 9.13 Å². The van der Waals surface area contributed by atoms with E-state index in [0.717, 1.165) is 11.3 Å². The predicted molar refractivity (Wildman–Crippen MR) is 201 cm³/mol. The van der Waals surface area contributed by atoms with Crippen molar-refractivity contribution in [3.05, 3.63) is 157 Å². The lowest BCUT2D eigenvalue weighted by Crippen LogP contribution is -1.97. The Morgan fingerprint density at radius 3 is 2.00 bits per heavy atom. The summed E-state index contributed by atoms with van der Waals surface area (Å²) in [5.41, 5.74) is 10.7. The first-order chi connectivity index (χ1) is 22.7. The van der Waals surface area contributed by atoms with Gasteiger partial charge < -0.3 is 9.13 Å². The molecule has 0 unspecified atom stereocenters. The number of thiophene rings is 1. The maximum Gasteiger partial charge on any atom is 0.0640 e. The Balaban J connectivity index is 1.27. The number of allylic oxidation sites excluding steroid dienone is 1. The first-order valence-electron chi connectivity index (χ1n) is 15.7. The van der Waals surface area contributed by atoms with Gasteiger partial charge >= 0.3 is 0 Å². The Morgan fingerprint density at radius 1 is 0.565 bits per heavy atom. The molecule has 0 bridgehead atoms. The third-order valence-corrected chi connectivity index (χ3v) is 10.4. The molecule has 3 heteroatoms. The van der Waals surface area contributed by atoms with Gasteiger partial charge in [0.1, 0.15) is 0 Å². The van der Waals surface area contributed by atoms with E-state index in [1.165, 1.54) is 75.4 Å². The van der Waals surface area contributed by atoms with Crippen molar-refractivity contribution < 1.29 is 0 Å². The molecule has 0 aliphatic heterocycles. The van der Waals surface area contributed by atoms with Crippen molar-refractivity contribution in [2.75, 3.05) is 0 Å². The fraction of sp³-hybridized carbons (Fsp3) is 0.0233. The third-order valence-electron chi connectivity index (χ3n) is 9.22. The van der Waals surface area contributed by atoms with Gasteiger partial charge in [-0.1, -0.05) is 97.6 Å². The fourth-order valence-electron chi connectivity index (χ4n) is 7.23. The van der Waals surface area contributed by atoms with Crippen LogP contribution >= 0.6 is 11.3 Å². The van der Waals surface area contributed by atoms with Gasteiger partial charge in [-0.15, -0.1) is 11.3 Å². The number of hydrogen-bond acceptors (Lipinski definition) is 1. The largest absolute Gasteiger partial charge is 0.309 e. The second kappa shape index (κ2) is 10.5. The normalized spacial score (nSPS) is 12.0. The highest BCUT2D eigenvalue weighted by atomic mass is 32.1. The van der Waals surface area contributed by atoms with Crippen LogP contribution in [0, 0.1) is 0 Å². The number of nitrogens with zero attached hydrogens (tertiary/aromatic N) is 2. The zero-order valence-electron chi connectivity index (χ0n) is 25.4. The summed E-state index contributed by atoms with van der Waals surface area (Å²) in [7, 11) is 0. The summed E-state index contributed by atoms with van der Waals surface area (Å²) < 4.78 is 7.39.